The van der Waals surface area contributed by atoms with Crippen LogP contribution in [-0.4, -0.2) is 89.7 Å². The van der Waals surface area contributed by atoms with Crippen LogP contribution in [0.25, 0.3) is 11.1 Å². The van der Waals surface area contributed by atoms with E-state index in [2.05, 4.69) is 145 Å². The molecule has 9 nitrogen and oxygen atoms in total. The molecule has 5 aromatic carbocycles. The van der Waals surface area contributed by atoms with E-state index < -0.39 is 12.1 Å². The standard InChI is InChI=1S/C54H65N5O4/c1-38(2)53(55-54(62)63-37-49-47-17-13-11-15-45(47)46-16-12-14-18-48(46)49)50(60)19-9-7-8-10-20-51(61)59-35-33-58(34-36-59)44-31-25-41(26-32-44)52(39-21-27-42(28-22-39)56(3)4)40-23-29-43(30-24-40)57(5)6/h11-18,21-32,38,49,52-53H,7-10,19-20,33-37H2,1-6H3,(H,55,62). The first-order chi connectivity index (χ1) is 30.5. The monoisotopic (exact) mass is 848 g/mol. The van der Waals surface area contributed by atoms with Gasteiger partial charge in [-0.25, -0.2) is 4.79 Å². The zero-order valence-electron chi connectivity index (χ0n) is 38.1. The summed E-state index contributed by atoms with van der Waals surface area (Å²) in [6.45, 7) is 7.13. The minimum atomic E-state index is -0.604. The summed E-state index contributed by atoms with van der Waals surface area (Å²) in [6.07, 6.45) is 3.63. The largest absolute Gasteiger partial charge is 0.449 e. The molecule has 1 aliphatic heterocycles. The molecular weight excluding hydrogens is 783 g/mol. The molecule has 0 saturated carbocycles. The number of unbranched alkanes of at least 4 members (excludes halogenated alkanes) is 3. The number of nitrogens with zero attached hydrogens (tertiary/aromatic N) is 4. The SMILES string of the molecule is CC(C)C(NC(=O)OCC1c2ccccc2-c2ccccc21)C(=O)CCCCCCC(=O)N1CCN(c2ccc(C(c3ccc(N(C)C)cc3)c3ccc(N(C)C)cc3)cc2)CC1. The van der Waals surface area contributed by atoms with Crippen LogP contribution in [0.3, 0.4) is 0 Å². The third kappa shape index (κ3) is 10.9. The first-order valence-corrected chi connectivity index (χ1v) is 22.8. The van der Waals surface area contributed by atoms with Crippen LogP contribution in [0, 0.1) is 5.92 Å². The zero-order chi connectivity index (χ0) is 44.5. The Balaban J connectivity index is 0.824. The molecule has 2 amide bonds. The van der Waals surface area contributed by atoms with Crippen molar-refractivity contribution in [1.29, 1.82) is 0 Å². The van der Waals surface area contributed by atoms with Crippen molar-refractivity contribution in [3.05, 3.63) is 149 Å². The van der Waals surface area contributed by atoms with E-state index in [0.29, 0.717) is 25.9 Å². The molecule has 0 spiro atoms. The minimum Gasteiger partial charge on any atom is -0.449 e. The Labute approximate surface area is 375 Å². The maximum absolute atomic E-state index is 13.3. The number of carbonyl (C=O) groups excluding carboxylic acids is 3. The van der Waals surface area contributed by atoms with E-state index in [9.17, 15) is 14.4 Å². The van der Waals surface area contributed by atoms with Gasteiger partial charge in [-0.1, -0.05) is 112 Å². The van der Waals surface area contributed by atoms with E-state index in [1.54, 1.807) is 0 Å². The van der Waals surface area contributed by atoms with Gasteiger partial charge >= 0.3 is 6.09 Å². The van der Waals surface area contributed by atoms with E-state index in [1.807, 2.05) is 43.0 Å². The highest BCUT2D eigenvalue weighted by molar-refractivity contribution is 5.87. The smallest absolute Gasteiger partial charge is 0.407 e. The van der Waals surface area contributed by atoms with Gasteiger partial charge in [0.1, 0.15) is 6.61 Å². The summed E-state index contributed by atoms with van der Waals surface area (Å²) < 4.78 is 5.74. The van der Waals surface area contributed by atoms with Crippen molar-refractivity contribution < 1.29 is 19.1 Å². The molecule has 0 radical (unpaired) electrons. The van der Waals surface area contributed by atoms with Crippen LogP contribution in [-0.2, 0) is 14.3 Å². The predicted molar refractivity (Wildman–Crippen MR) is 257 cm³/mol. The first-order valence-electron chi connectivity index (χ1n) is 22.8. The molecule has 0 aromatic heterocycles. The molecule has 2 aliphatic rings. The van der Waals surface area contributed by atoms with Gasteiger partial charge in [-0.2, -0.15) is 0 Å². The van der Waals surface area contributed by atoms with Gasteiger partial charge in [-0.05, 0) is 94.1 Å². The number of ketones is 1. The number of hydrogen-bond acceptors (Lipinski definition) is 7. The quantitative estimate of drug-likeness (QED) is 0.0695. The Bertz CT molecular complexity index is 2200. The number of hydrogen-bond donors (Lipinski definition) is 1. The molecule has 1 saturated heterocycles. The van der Waals surface area contributed by atoms with Crippen molar-refractivity contribution in [3.8, 4) is 11.1 Å². The number of fused-ring (bicyclic) bond motifs is 3. The average Bonchev–Trinajstić information content (AvgIpc) is 3.62. The third-order valence-electron chi connectivity index (χ3n) is 12.9. The van der Waals surface area contributed by atoms with Crippen LogP contribution in [0.1, 0.15) is 92.0 Å². The molecule has 7 rings (SSSR count). The van der Waals surface area contributed by atoms with Crippen molar-refractivity contribution in [2.45, 2.75) is 70.3 Å². The second-order valence-corrected chi connectivity index (χ2v) is 17.9. The number of carbonyl (C=O) groups is 3. The van der Waals surface area contributed by atoms with Crippen LogP contribution < -0.4 is 20.0 Å². The fraction of sp³-hybridized carbons (Fsp3) is 0.389. The van der Waals surface area contributed by atoms with Crippen LogP contribution in [0.5, 0.6) is 0 Å². The Kier molecular flexibility index (Phi) is 14.9. The number of ether oxygens (including phenoxy) is 1. The molecule has 1 aliphatic carbocycles. The molecule has 1 heterocycles. The lowest BCUT2D eigenvalue weighted by atomic mass is 9.85. The van der Waals surface area contributed by atoms with Crippen molar-refractivity contribution in [1.82, 2.24) is 10.2 Å². The molecule has 1 unspecified atom stereocenters. The van der Waals surface area contributed by atoms with Gasteiger partial charge in [0, 0.05) is 96.1 Å². The number of amides is 2. The van der Waals surface area contributed by atoms with Gasteiger partial charge in [0.2, 0.25) is 5.91 Å². The summed E-state index contributed by atoms with van der Waals surface area (Å²) in [5, 5.41) is 2.87. The normalized spacial score (nSPS) is 14.0. The van der Waals surface area contributed by atoms with Gasteiger partial charge in [0.15, 0.2) is 5.78 Å². The lowest BCUT2D eigenvalue weighted by Crippen LogP contribution is -2.48. The third-order valence-corrected chi connectivity index (χ3v) is 12.9. The summed E-state index contributed by atoms with van der Waals surface area (Å²) in [5.74, 6) is 0.239. The zero-order valence-corrected chi connectivity index (χ0v) is 38.1. The molecule has 63 heavy (non-hydrogen) atoms. The number of alkyl carbamates (subject to hydrolysis) is 1. The van der Waals surface area contributed by atoms with Gasteiger partial charge in [0.25, 0.3) is 0 Å². The Hall–Kier alpha value is -6.09. The number of benzene rings is 5. The topological polar surface area (TPSA) is 85.4 Å². The molecule has 5 aromatic rings. The van der Waals surface area contributed by atoms with E-state index in [0.717, 1.165) is 49.9 Å². The molecule has 9 heteroatoms. The summed E-state index contributed by atoms with van der Waals surface area (Å²) in [5.41, 5.74) is 12.0. The molecule has 330 valence electrons. The van der Waals surface area contributed by atoms with Crippen LogP contribution >= 0.6 is 0 Å². The second-order valence-electron chi connectivity index (χ2n) is 17.9. The lowest BCUT2D eigenvalue weighted by molar-refractivity contribution is -0.131. The maximum atomic E-state index is 13.3. The summed E-state index contributed by atoms with van der Waals surface area (Å²) in [4.78, 5) is 48.1. The summed E-state index contributed by atoms with van der Waals surface area (Å²) in [7, 11) is 8.27. The van der Waals surface area contributed by atoms with Crippen LogP contribution in [0.4, 0.5) is 21.9 Å². The van der Waals surface area contributed by atoms with Gasteiger partial charge in [-0.3, -0.25) is 9.59 Å². The Morgan fingerprint density at radius 1 is 0.619 bits per heavy atom. The first kappa shape index (κ1) is 44.9. The van der Waals surface area contributed by atoms with Gasteiger partial charge in [0.05, 0.1) is 6.04 Å². The van der Waals surface area contributed by atoms with Gasteiger partial charge < -0.3 is 29.7 Å². The minimum absolute atomic E-state index is 0.0201. The number of rotatable bonds is 18. The fourth-order valence-electron chi connectivity index (χ4n) is 9.23. The molecule has 1 atom stereocenters. The van der Waals surface area contributed by atoms with Crippen molar-refractivity contribution in [3.63, 3.8) is 0 Å². The summed E-state index contributed by atoms with van der Waals surface area (Å²) in [6, 6.07) is 42.6. The Morgan fingerprint density at radius 2 is 1.10 bits per heavy atom. The van der Waals surface area contributed by atoms with E-state index in [-0.39, 0.29) is 36.1 Å². The highest BCUT2D eigenvalue weighted by Gasteiger charge is 2.30. The highest BCUT2D eigenvalue weighted by Crippen LogP contribution is 2.44. The fourth-order valence-corrected chi connectivity index (χ4v) is 9.23. The molecule has 0 bridgehead atoms. The average molecular weight is 848 g/mol. The Morgan fingerprint density at radius 3 is 1.59 bits per heavy atom. The molecule has 1 N–H and O–H groups in total. The summed E-state index contributed by atoms with van der Waals surface area (Å²) >= 11 is 0. The van der Waals surface area contributed by atoms with Crippen molar-refractivity contribution >= 4 is 34.8 Å². The predicted octanol–water partition coefficient (Wildman–Crippen LogP) is 10.1. The second kappa shape index (κ2) is 20.9. The number of nitrogens with one attached hydrogen (secondary N) is 1. The van der Waals surface area contributed by atoms with Crippen LogP contribution in [0.2, 0.25) is 0 Å². The molecule has 1 fully saturated rings. The number of piperazine rings is 1. The van der Waals surface area contributed by atoms with Crippen molar-refractivity contribution in [2.75, 3.05) is 75.7 Å². The molecular formula is C54H65N5O4. The van der Waals surface area contributed by atoms with E-state index >= 15 is 0 Å². The maximum Gasteiger partial charge on any atom is 0.407 e. The van der Waals surface area contributed by atoms with Crippen molar-refractivity contribution in [2.24, 2.45) is 5.92 Å². The van der Waals surface area contributed by atoms with E-state index in [4.69, 9.17) is 4.74 Å². The number of anilines is 3. The van der Waals surface area contributed by atoms with Crippen LogP contribution in [0.15, 0.2) is 121 Å². The van der Waals surface area contributed by atoms with Gasteiger partial charge in [-0.15, -0.1) is 0 Å². The lowest BCUT2D eigenvalue weighted by Gasteiger charge is -2.36. The van der Waals surface area contributed by atoms with E-state index in [1.165, 1.54) is 44.9 Å². The number of Topliss-reactive ketones (excluding diaryl/α,β-unsaturated/α-hetero) is 1. The highest BCUT2D eigenvalue weighted by atomic mass is 16.5.